The normalized spacial score (nSPS) is 12.0. The summed E-state index contributed by atoms with van der Waals surface area (Å²) < 4.78 is 37.9. The van der Waals surface area contributed by atoms with E-state index in [1.165, 1.54) is 18.2 Å². The van der Waals surface area contributed by atoms with Crippen molar-refractivity contribution in [2.24, 2.45) is 5.41 Å². The van der Waals surface area contributed by atoms with Crippen LogP contribution in [0.15, 0.2) is 24.3 Å². The van der Waals surface area contributed by atoms with Gasteiger partial charge in [0.1, 0.15) is 0 Å². The first-order valence-corrected chi connectivity index (χ1v) is 7.38. The minimum atomic E-state index is -4.37. The van der Waals surface area contributed by atoms with E-state index in [0.29, 0.717) is 17.5 Å². The fourth-order valence-corrected chi connectivity index (χ4v) is 1.76. The molecule has 0 aliphatic rings. The smallest absolute Gasteiger partial charge is 0.295 e. The van der Waals surface area contributed by atoms with E-state index < -0.39 is 11.7 Å². The van der Waals surface area contributed by atoms with Crippen LogP contribution in [0.2, 0.25) is 0 Å². The van der Waals surface area contributed by atoms with Crippen LogP contribution in [0.5, 0.6) is 0 Å². The van der Waals surface area contributed by atoms with E-state index in [1.807, 2.05) is 34.6 Å². The van der Waals surface area contributed by atoms with Gasteiger partial charge in [-0.25, -0.2) is 0 Å². The molecule has 0 aliphatic carbocycles. The van der Waals surface area contributed by atoms with Crippen LogP contribution < -0.4 is 0 Å². The second-order valence-electron chi connectivity index (χ2n) is 6.11. The Hall–Kier alpha value is -1.58. The molecule has 0 unspecified atom stereocenters. The predicted octanol–water partition coefficient (Wildman–Crippen LogP) is 6.06. The fraction of sp³-hybridized carbons (Fsp3) is 0.500. The van der Waals surface area contributed by atoms with Crippen molar-refractivity contribution in [3.05, 3.63) is 41.0 Å². The SMILES string of the molecule is CC.Cc1ccc(C(F)(F)F)cc1/C=C/C(=O)CC(C)(C)C. The average molecular weight is 314 g/mol. The van der Waals surface area contributed by atoms with Crippen LogP contribution in [0.3, 0.4) is 0 Å². The van der Waals surface area contributed by atoms with Crippen molar-refractivity contribution in [1.82, 2.24) is 0 Å². The lowest BCUT2D eigenvalue weighted by Crippen LogP contribution is -2.10. The minimum Gasteiger partial charge on any atom is -0.295 e. The summed E-state index contributed by atoms with van der Waals surface area (Å²) in [6.07, 6.45) is -1.19. The first-order chi connectivity index (χ1) is 9.99. The third-order valence-corrected chi connectivity index (χ3v) is 2.76. The van der Waals surface area contributed by atoms with Crippen molar-refractivity contribution in [3.63, 3.8) is 0 Å². The summed E-state index contributed by atoms with van der Waals surface area (Å²) >= 11 is 0. The summed E-state index contributed by atoms with van der Waals surface area (Å²) in [4.78, 5) is 11.7. The van der Waals surface area contributed by atoms with Crippen molar-refractivity contribution in [2.75, 3.05) is 0 Å². The molecule has 0 radical (unpaired) electrons. The summed E-state index contributed by atoms with van der Waals surface area (Å²) in [7, 11) is 0. The van der Waals surface area contributed by atoms with Gasteiger partial charge in [-0.15, -0.1) is 0 Å². The van der Waals surface area contributed by atoms with Crippen LogP contribution in [0.25, 0.3) is 6.08 Å². The summed E-state index contributed by atoms with van der Waals surface area (Å²) in [6, 6.07) is 3.52. The molecule has 0 N–H and O–H groups in total. The highest BCUT2D eigenvalue weighted by atomic mass is 19.4. The number of hydrogen-bond acceptors (Lipinski definition) is 1. The van der Waals surface area contributed by atoms with Gasteiger partial charge in [-0.1, -0.05) is 46.8 Å². The van der Waals surface area contributed by atoms with Gasteiger partial charge in [0, 0.05) is 6.42 Å². The molecule has 0 spiro atoms. The van der Waals surface area contributed by atoms with Gasteiger partial charge in [-0.2, -0.15) is 13.2 Å². The highest BCUT2D eigenvalue weighted by Crippen LogP contribution is 2.30. The van der Waals surface area contributed by atoms with Gasteiger partial charge in [-0.3, -0.25) is 4.79 Å². The predicted molar refractivity (Wildman–Crippen MR) is 85.6 cm³/mol. The minimum absolute atomic E-state index is 0.0886. The van der Waals surface area contributed by atoms with Gasteiger partial charge < -0.3 is 0 Å². The highest BCUT2D eigenvalue weighted by Gasteiger charge is 2.30. The number of carbonyl (C=O) groups excluding carboxylic acids is 1. The molecular formula is C18H25F3O. The molecule has 124 valence electrons. The molecule has 0 aromatic heterocycles. The molecular weight excluding hydrogens is 289 g/mol. The van der Waals surface area contributed by atoms with E-state index >= 15 is 0 Å². The Morgan fingerprint density at radius 2 is 1.68 bits per heavy atom. The third-order valence-electron chi connectivity index (χ3n) is 2.76. The van der Waals surface area contributed by atoms with Crippen LogP contribution >= 0.6 is 0 Å². The average Bonchev–Trinajstić information content (AvgIpc) is 2.36. The first-order valence-electron chi connectivity index (χ1n) is 7.38. The number of halogens is 3. The summed E-state index contributed by atoms with van der Waals surface area (Å²) in [6.45, 7) is 11.5. The molecule has 0 amide bonds. The second-order valence-corrected chi connectivity index (χ2v) is 6.11. The molecule has 0 heterocycles. The number of carbonyl (C=O) groups is 1. The molecule has 0 bridgehead atoms. The van der Waals surface area contributed by atoms with Crippen molar-refractivity contribution in [1.29, 1.82) is 0 Å². The molecule has 0 saturated carbocycles. The Balaban J connectivity index is 0.00000211. The van der Waals surface area contributed by atoms with Crippen LogP contribution in [0, 0.1) is 12.3 Å². The van der Waals surface area contributed by atoms with Crippen molar-refractivity contribution < 1.29 is 18.0 Å². The molecule has 0 saturated heterocycles. The van der Waals surface area contributed by atoms with E-state index in [-0.39, 0.29) is 11.2 Å². The molecule has 4 heteroatoms. The number of aryl methyl sites for hydroxylation is 1. The van der Waals surface area contributed by atoms with Gasteiger partial charge in [0.15, 0.2) is 5.78 Å². The summed E-state index contributed by atoms with van der Waals surface area (Å²) in [5.74, 6) is -0.0886. The van der Waals surface area contributed by atoms with Gasteiger partial charge in [-0.05, 0) is 41.7 Å². The quantitative estimate of drug-likeness (QED) is 0.620. The number of rotatable bonds is 3. The van der Waals surface area contributed by atoms with Gasteiger partial charge in [0.2, 0.25) is 0 Å². The standard InChI is InChI=1S/C16H19F3O.C2H6/c1-11-5-7-13(16(17,18)19)9-12(11)6-8-14(20)10-15(2,3)4;1-2/h5-9H,10H2,1-4H3;1-2H3/b8-6+;. The topological polar surface area (TPSA) is 17.1 Å². The molecule has 0 atom stereocenters. The van der Waals surface area contributed by atoms with Crippen LogP contribution in [-0.2, 0) is 11.0 Å². The lowest BCUT2D eigenvalue weighted by Gasteiger charge is -2.15. The maximum atomic E-state index is 12.6. The number of ketones is 1. The van der Waals surface area contributed by atoms with Crippen molar-refractivity contribution in [2.45, 2.75) is 54.1 Å². The fourth-order valence-electron chi connectivity index (χ4n) is 1.76. The largest absolute Gasteiger partial charge is 0.416 e. The van der Waals surface area contributed by atoms with E-state index in [4.69, 9.17) is 0 Å². The van der Waals surface area contributed by atoms with Gasteiger partial charge in [0.05, 0.1) is 5.56 Å². The van der Waals surface area contributed by atoms with Gasteiger partial charge in [0.25, 0.3) is 0 Å². The number of alkyl halides is 3. The molecule has 22 heavy (non-hydrogen) atoms. The number of benzene rings is 1. The summed E-state index contributed by atoms with van der Waals surface area (Å²) in [5.41, 5.74) is 0.288. The van der Waals surface area contributed by atoms with Gasteiger partial charge >= 0.3 is 6.18 Å². The molecule has 1 aromatic rings. The zero-order valence-electron chi connectivity index (χ0n) is 14.1. The Morgan fingerprint density at radius 3 is 2.14 bits per heavy atom. The zero-order valence-corrected chi connectivity index (χ0v) is 14.1. The number of hydrogen-bond donors (Lipinski definition) is 0. The first kappa shape index (κ1) is 20.4. The Labute approximate surface area is 131 Å². The second kappa shape index (κ2) is 8.16. The van der Waals surface area contributed by atoms with Crippen molar-refractivity contribution >= 4 is 11.9 Å². The monoisotopic (exact) mass is 314 g/mol. The maximum absolute atomic E-state index is 12.6. The van der Waals surface area contributed by atoms with E-state index in [1.54, 1.807) is 6.92 Å². The Kier molecular flexibility index (Phi) is 7.57. The molecule has 1 rings (SSSR count). The van der Waals surface area contributed by atoms with Crippen LogP contribution in [-0.4, -0.2) is 5.78 Å². The number of allylic oxidation sites excluding steroid dienone is 1. The van der Waals surface area contributed by atoms with E-state index in [2.05, 4.69) is 0 Å². The Bertz CT molecular complexity index is 520. The van der Waals surface area contributed by atoms with Crippen LogP contribution in [0.4, 0.5) is 13.2 Å². The third kappa shape index (κ3) is 7.43. The van der Waals surface area contributed by atoms with Crippen molar-refractivity contribution in [3.8, 4) is 0 Å². The van der Waals surface area contributed by atoms with E-state index in [0.717, 1.165) is 12.1 Å². The van der Waals surface area contributed by atoms with E-state index in [9.17, 15) is 18.0 Å². The van der Waals surface area contributed by atoms with Crippen LogP contribution in [0.1, 0.15) is 57.7 Å². The maximum Gasteiger partial charge on any atom is 0.416 e. The zero-order chi connectivity index (χ0) is 17.6. The molecule has 1 nitrogen and oxygen atoms in total. The molecule has 1 aromatic carbocycles. The highest BCUT2D eigenvalue weighted by molar-refractivity contribution is 5.94. The molecule has 0 fully saturated rings. The lowest BCUT2D eigenvalue weighted by atomic mass is 9.89. The Morgan fingerprint density at radius 1 is 1.14 bits per heavy atom. The lowest BCUT2D eigenvalue weighted by molar-refractivity contribution is -0.137. The summed E-state index contributed by atoms with van der Waals surface area (Å²) in [5, 5.41) is 0. The molecule has 0 aliphatic heterocycles.